The first-order chi connectivity index (χ1) is 12.5. The number of nitrogens with zero attached hydrogens (tertiary/aromatic N) is 2. The molecule has 7 nitrogen and oxygen atoms in total. The second kappa shape index (κ2) is 6.01. The van der Waals surface area contributed by atoms with Crippen molar-refractivity contribution in [1.29, 1.82) is 0 Å². The van der Waals surface area contributed by atoms with Crippen LogP contribution in [0.2, 0.25) is 0 Å². The molecule has 1 fully saturated rings. The van der Waals surface area contributed by atoms with E-state index in [1.165, 1.54) is 17.1 Å². The average Bonchev–Trinajstić information content (AvgIpc) is 2.90. The summed E-state index contributed by atoms with van der Waals surface area (Å²) in [6.07, 6.45) is 3.39. The van der Waals surface area contributed by atoms with Gasteiger partial charge < -0.3 is 10.6 Å². The van der Waals surface area contributed by atoms with Gasteiger partial charge in [-0.2, -0.15) is 0 Å². The van der Waals surface area contributed by atoms with Crippen molar-refractivity contribution in [3.63, 3.8) is 0 Å². The molecule has 3 N–H and O–H groups in total. The molecule has 4 rings (SSSR count). The lowest BCUT2D eigenvalue weighted by Gasteiger charge is -2.31. The molecule has 0 bridgehead atoms. The highest BCUT2D eigenvalue weighted by atomic mass is 16.2. The lowest BCUT2D eigenvalue weighted by atomic mass is 10.1. The number of hydrogen-bond donors (Lipinski definition) is 2. The van der Waals surface area contributed by atoms with Gasteiger partial charge in [0.05, 0.1) is 22.5 Å². The third kappa shape index (κ3) is 2.47. The van der Waals surface area contributed by atoms with E-state index in [0.717, 1.165) is 37.2 Å². The van der Waals surface area contributed by atoms with E-state index < -0.39 is 17.4 Å². The fourth-order valence-electron chi connectivity index (χ4n) is 3.74. The zero-order valence-electron chi connectivity index (χ0n) is 14.5. The number of nitrogen functional groups attached to an aromatic ring is 1. The number of aryl methyl sites for hydroxylation is 1. The molecule has 1 aromatic heterocycles. The zero-order chi connectivity index (χ0) is 18.4. The number of pyridine rings is 1. The van der Waals surface area contributed by atoms with Crippen molar-refractivity contribution >= 4 is 23.3 Å². The summed E-state index contributed by atoms with van der Waals surface area (Å²) in [5.74, 6) is -1.15. The number of carbonyl (C=O) groups is 2. The summed E-state index contributed by atoms with van der Waals surface area (Å²) in [5, 5.41) is 2.20. The topological polar surface area (TPSA) is 97.4 Å². The van der Waals surface area contributed by atoms with Gasteiger partial charge in [0.25, 0.3) is 17.4 Å². The molecule has 0 aliphatic carbocycles. The van der Waals surface area contributed by atoms with E-state index in [0.29, 0.717) is 5.69 Å². The van der Waals surface area contributed by atoms with Crippen molar-refractivity contribution < 1.29 is 9.59 Å². The number of nitrogens with one attached hydrogen (secondary N) is 1. The molecule has 0 saturated carbocycles. The number of hydrogen-bond acceptors (Lipinski definition) is 5. The van der Waals surface area contributed by atoms with Gasteiger partial charge in [-0.25, -0.2) is 0 Å². The molecule has 0 spiro atoms. The number of anilines is 2. The van der Waals surface area contributed by atoms with E-state index >= 15 is 0 Å². The summed E-state index contributed by atoms with van der Waals surface area (Å²) in [4.78, 5) is 39.0. The monoisotopic (exact) mass is 352 g/mol. The first kappa shape index (κ1) is 16.4. The molecule has 0 radical (unpaired) electrons. The van der Waals surface area contributed by atoms with E-state index in [-0.39, 0.29) is 16.9 Å². The molecule has 2 aliphatic rings. The Bertz CT molecular complexity index is 987. The fraction of sp³-hybridized carbons (Fsp3) is 0.316. The predicted octanol–water partition coefficient (Wildman–Crippen LogP) is 1.60. The second-order valence-electron chi connectivity index (χ2n) is 6.82. The maximum absolute atomic E-state index is 12.8. The lowest BCUT2D eigenvalue weighted by Crippen LogP contribution is -2.32. The molecular weight excluding hydrogens is 332 g/mol. The number of amides is 2. The third-order valence-electron chi connectivity index (χ3n) is 5.02. The maximum Gasteiger partial charge on any atom is 0.262 e. The zero-order valence-corrected chi connectivity index (χ0v) is 14.5. The Morgan fingerprint density at radius 2 is 1.69 bits per heavy atom. The Morgan fingerprint density at radius 1 is 0.962 bits per heavy atom. The van der Waals surface area contributed by atoms with Gasteiger partial charge >= 0.3 is 0 Å². The minimum atomic E-state index is -0.582. The second-order valence-corrected chi connectivity index (χ2v) is 6.82. The summed E-state index contributed by atoms with van der Waals surface area (Å²) in [6.45, 7) is 3.76. The summed E-state index contributed by atoms with van der Waals surface area (Å²) in [6, 6.07) is 7.07. The van der Waals surface area contributed by atoms with Crippen molar-refractivity contribution in [2.24, 2.45) is 0 Å². The molecule has 1 aromatic carbocycles. The Balaban J connectivity index is 1.95. The molecule has 3 heterocycles. The van der Waals surface area contributed by atoms with Crippen LogP contribution >= 0.6 is 0 Å². The average molecular weight is 352 g/mol. The Labute approximate surface area is 150 Å². The van der Waals surface area contributed by atoms with E-state index in [2.05, 4.69) is 10.2 Å². The quantitative estimate of drug-likeness (QED) is 0.800. The van der Waals surface area contributed by atoms with Crippen LogP contribution in [-0.4, -0.2) is 29.5 Å². The fourth-order valence-corrected chi connectivity index (χ4v) is 3.74. The minimum absolute atomic E-state index is 0.000269. The number of carbonyl (C=O) groups excluding carboxylic acids is 2. The maximum atomic E-state index is 12.8. The van der Waals surface area contributed by atoms with Crippen molar-refractivity contribution in [2.75, 3.05) is 23.7 Å². The molecule has 1 saturated heterocycles. The minimum Gasteiger partial charge on any atom is -0.384 e. The standard InChI is InChI=1S/C19H20N4O3/c1-11-5-6-13(22-7-3-2-4-8-22)14(9-11)23-15(24)10-12-16(17(23)20)19(26)21-18(12)25/h5-6,9-10H,2-4,7-8,20H2,1H3,(H,21,25,26). The van der Waals surface area contributed by atoms with E-state index in [1.54, 1.807) is 0 Å². The van der Waals surface area contributed by atoms with Crippen LogP contribution in [0.15, 0.2) is 29.1 Å². The van der Waals surface area contributed by atoms with Crippen LogP contribution in [0, 0.1) is 6.92 Å². The number of aromatic nitrogens is 1. The molecule has 134 valence electrons. The van der Waals surface area contributed by atoms with Crippen molar-refractivity contribution in [1.82, 2.24) is 9.88 Å². The van der Waals surface area contributed by atoms with Crippen molar-refractivity contribution in [3.8, 4) is 5.69 Å². The largest absolute Gasteiger partial charge is 0.384 e. The van der Waals surface area contributed by atoms with Gasteiger partial charge in [0.2, 0.25) is 0 Å². The lowest BCUT2D eigenvalue weighted by molar-refractivity contribution is 0.0880. The van der Waals surface area contributed by atoms with Gasteiger partial charge in [0, 0.05) is 19.2 Å². The van der Waals surface area contributed by atoms with Crippen LogP contribution in [0.3, 0.4) is 0 Å². The Morgan fingerprint density at radius 3 is 2.42 bits per heavy atom. The van der Waals surface area contributed by atoms with Crippen LogP contribution in [-0.2, 0) is 0 Å². The van der Waals surface area contributed by atoms with Crippen LogP contribution in [0.25, 0.3) is 5.69 Å². The number of fused-ring (bicyclic) bond motifs is 1. The third-order valence-corrected chi connectivity index (χ3v) is 5.02. The molecule has 2 aromatic rings. The van der Waals surface area contributed by atoms with Gasteiger partial charge in [0.15, 0.2) is 0 Å². The number of imide groups is 1. The summed E-state index contributed by atoms with van der Waals surface area (Å²) in [5.41, 5.74) is 8.42. The van der Waals surface area contributed by atoms with E-state index in [1.807, 2.05) is 25.1 Å². The number of nitrogens with two attached hydrogens (primary N) is 1. The van der Waals surface area contributed by atoms with Crippen molar-refractivity contribution in [2.45, 2.75) is 26.2 Å². The van der Waals surface area contributed by atoms with E-state index in [4.69, 9.17) is 5.73 Å². The molecule has 2 aliphatic heterocycles. The highest BCUT2D eigenvalue weighted by Crippen LogP contribution is 2.31. The van der Waals surface area contributed by atoms with E-state index in [9.17, 15) is 14.4 Å². The van der Waals surface area contributed by atoms with Crippen LogP contribution in [0.4, 0.5) is 11.5 Å². The highest BCUT2D eigenvalue weighted by Gasteiger charge is 2.32. The van der Waals surface area contributed by atoms with Crippen LogP contribution in [0.1, 0.15) is 45.5 Å². The normalized spacial score (nSPS) is 16.6. The van der Waals surface area contributed by atoms with Crippen molar-refractivity contribution in [3.05, 3.63) is 51.3 Å². The molecule has 26 heavy (non-hydrogen) atoms. The molecular formula is C19H20N4O3. The number of rotatable bonds is 2. The Kier molecular flexibility index (Phi) is 3.79. The summed E-state index contributed by atoms with van der Waals surface area (Å²) >= 11 is 0. The number of benzene rings is 1. The predicted molar refractivity (Wildman–Crippen MR) is 99.0 cm³/mol. The highest BCUT2D eigenvalue weighted by molar-refractivity contribution is 6.23. The molecule has 0 unspecified atom stereocenters. The molecule has 2 amide bonds. The Hall–Kier alpha value is -3.09. The van der Waals surface area contributed by atoms with Gasteiger partial charge in [0.1, 0.15) is 5.82 Å². The first-order valence-electron chi connectivity index (χ1n) is 8.74. The first-order valence-corrected chi connectivity index (χ1v) is 8.74. The van der Waals surface area contributed by atoms with Crippen LogP contribution in [0.5, 0.6) is 0 Å². The van der Waals surface area contributed by atoms with Crippen LogP contribution < -0.4 is 21.5 Å². The van der Waals surface area contributed by atoms with Gasteiger partial charge in [-0.05, 0) is 43.9 Å². The van der Waals surface area contributed by atoms with Gasteiger partial charge in [-0.3, -0.25) is 24.3 Å². The number of piperidine rings is 1. The van der Waals surface area contributed by atoms with Gasteiger partial charge in [-0.15, -0.1) is 0 Å². The smallest absolute Gasteiger partial charge is 0.262 e. The van der Waals surface area contributed by atoms with Gasteiger partial charge in [-0.1, -0.05) is 6.07 Å². The molecule has 7 heteroatoms. The SMILES string of the molecule is Cc1ccc(N2CCCCC2)c(-n2c(N)c3c(cc2=O)C(=O)NC3=O)c1. The summed E-state index contributed by atoms with van der Waals surface area (Å²) in [7, 11) is 0. The molecule has 0 atom stereocenters. The summed E-state index contributed by atoms with van der Waals surface area (Å²) < 4.78 is 1.34.